The minimum atomic E-state index is -4.90. The minimum Gasteiger partial charge on any atom is -0.396 e. The Kier molecular flexibility index (Phi) is 6.78. The molecule has 0 unspecified atom stereocenters. The molecule has 0 aromatic carbocycles. The van der Waals surface area contributed by atoms with Crippen LogP contribution in [0, 0.1) is 0 Å². The first-order valence-corrected chi connectivity index (χ1v) is 10.8. The number of rotatable bonds is 7. The fourth-order valence-corrected chi connectivity index (χ4v) is 3.89. The summed E-state index contributed by atoms with van der Waals surface area (Å²) in [7, 11) is 0. The third-order valence-corrected chi connectivity index (χ3v) is 5.60. The number of fused-ring (bicyclic) bond motifs is 1. The Morgan fingerprint density at radius 3 is 2.62 bits per heavy atom. The number of nitrogens with zero attached hydrogens (tertiary/aromatic N) is 5. The molecule has 0 aliphatic carbocycles. The van der Waals surface area contributed by atoms with Crippen molar-refractivity contribution in [2.24, 2.45) is 0 Å². The number of halogens is 5. The van der Waals surface area contributed by atoms with Crippen molar-refractivity contribution >= 4 is 40.4 Å². The number of imidazole rings is 1. The summed E-state index contributed by atoms with van der Waals surface area (Å²) in [5.41, 5.74) is -1.01. The molecule has 2 N–H and O–H groups in total. The number of anilines is 1. The fourth-order valence-electron chi connectivity index (χ4n) is 3.42. The molecule has 1 amide bonds. The van der Waals surface area contributed by atoms with Gasteiger partial charge in [0.05, 0.1) is 39.4 Å². The molecule has 4 rings (SSSR count). The monoisotopic (exact) mass is 512 g/mol. The highest BCUT2D eigenvalue weighted by atomic mass is 35.5. The first kappa shape index (κ1) is 24.0. The Bertz CT molecular complexity index is 1350. The lowest BCUT2D eigenvalue weighted by Crippen LogP contribution is -2.21. The summed E-state index contributed by atoms with van der Waals surface area (Å²) in [5.74, 6) is -1.03. The molecule has 34 heavy (non-hydrogen) atoms. The average molecular weight is 513 g/mol. The molecule has 0 aliphatic rings. The van der Waals surface area contributed by atoms with Gasteiger partial charge in [0.25, 0.3) is 5.91 Å². The summed E-state index contributed by atoms with van der Waals surface area (Å²) in [6.07, 6.45) is 1.84. The van der Waals surface area contributed by atoms with Gasteiger partial charge in [0.15, 0.2) is 11.3 Å². The quantitative estimate of drug-likeness (QED) is 0.346. The predicted octanol–water partition coefficient (Wildman–Crippen LogP) is 4.81. The van der Waals surface area contributed by atoms with E-state index in [0.717, 1.165) is 6.20 Å². The van der Waals surface area contributed by atoms with E-state index in [0.29, 0.717) is 29.6 Å². The molecule has 0 spiro atoms. The van der Waals surface area contributed by atoms with Crippen LogP contribution in [0.4, 0.5) is 18.9 Å². The number of aryl methyl sites for hydroxylation is 1. The number of pyridine rings is 2. The van der Waals surface area contributed by atoms with Gasteiger partial charge in [0.2, 0.25) is 0 Å². The summed E-state index contributed by atoms with van der Waals surface area (Å²) in [5, 5.41) is 15.6. The van der Waals surface area contributed by atoms with Crippen molar-refractivity contribution < 1.29 is 23.1 Å². The van der Waals surface area contributed by atoms with Crippen molar-refractivity contribution in [2.45, 2.75) is 25.4 Å². The molecular weight excluding hydrogens is 496 g/mol. The summed E-state index contributed by atoms with van der Waals surface area (Å²) in [4.78, 5) is 21.0. The van der Waals surface area contributed by atoms with Crippen molar-refractivity contribution in [3.05, 3.63) is 70.0 Å². The van der Waals surface area contributed by atoms with Crippen LogP contribution >= 0.6 is 23.2 Å². The SMILES string of the molecule is O=C(Nc1cnc(CCCCO)c(Cl)c1)c1cnn(-c2ccc(Cl)c3nccn23)c1C(F)(F)F. The second-order valence-electron chi connectivity index (χ2n) is 7.26. The number of nitrogens with one attached hydrogen (secondary N) is 1. The van der Waals surface area contributed by atoms with E-state index >= 15 is 0 Å². The van der Waals surface area contributed by atoms with Crippen LogP contribution in [-0.4, -0.2) is 41.8 Å². The molecular formula is C21H17Cl2F3N6O2. The number of aliphatic hydroxyl groups excluding tert-OH is 1. The summed E-state index contributed by atoms with van der Waals surface area (Å²) in [6, 6.07) is 4.16. The minimum absolute atomic E-state index is 0.000202. The number of carbonyl (C=O) groups is 1. The van der Waals surface area contributed by atoms with Gasteiger partial charge < -0.3 is 10.4 Å². The first-order valence-electron chi connectivity index (χ1n) is 10.0. The third-order valence-electron chi connectivity index (χ3n) is 4.98. The van der Waals surface area contributed by atoms with Crippen LogP contribution in [0.2, 0.25) is 10.0 Å². The van der Waals surface area contributed by atoms with Crippen molar-refractivity contribution in [1.29, 1.82) is 0 Å². The third kappa shape index (κ3) is 4.72. The van der Waals surface area contributed by atoms with Gasteiger partial charge in [-0.3, -0.25) is 14.2 Å². The standard InChI is InChI=1S/C21H17Cl2F3N6O2/c22-14-4-5-17(31-7-6-27-19(14)31)32-18(21(24,25)26)13(11-29-32)20(34)30-12-9-15(23)16(28-10-12)3-1-2-8-33/h4-7,9-11,33H,1-3,8H2,(H,30,34). The number of amides is 1. The van der Waals surface area contributed by atoms with E-state index in [9.17, 15) is 18.0 Å². The lowest BCUT2D eigenvalue weighted by atomic mass is 10.1. The first-order chi connectivity index (χ1) is 16.2. The zero-order valence-corrected chi connectivity index (χ0v) is 18.9. The van der Waals surface area contributed by atoms with Gasteiger partial charge >= 0.3 is 6.18 Å². The second kappa shape index (κ2) is 9.61. The van der Waals surface area contributed by atoms with E-state index in [2.05, 4.69) is 20.4 Å². The Balaban J connectivity index is 1.67. The van der Waals surface area contributed by atoms with E-state index in [1.165, 1.54) is 41.2 Å². The molecule has 0 saturated heterocycles. The van der Waals surface area contributed by atoms with E-state index in [4.69, 9.17) is 28.3 Å². The lowest BCUT2D eigenvalue weighted by Gasteiger charge is -2.14. The Morgan fingerprint density at radius 1 is 1.12 bits per heavy atom. The van der Waals surface area contributed by atoms with Gasteiger partial charge in [-0.2, -0.15) is 18.3 Å². The van der Waals surface area contributed by atoms with Gasteiger partial charge in [-0.1, -0.05) is 23.2 Å². The molecule has 0 bridgehead atoms. The molecule has 13 heteroatoms. The van der Waals surface area contributed by atoms with Crippen LogP contribution in [0.15, 0.2) is 43.0 Å². The Morgan fingerprint density at radius 2 is 1.91 bits per heavy atom. The number of carbonyl (C=O) groups excluding carboxylic acids is 1. The molecule has 0 radical (unpaired) electrons. The van der Waals surface area contributed by atoms with Crippen LogP contribution in [-0.2, 0) is 12.6 Å². The maximum Gasteiger partial charge on any atom is 0.434 e. The smallest absolute Gasteiger partial charge is 0.396 e. The highest BCUT2D eigenvalue weighted by Gasteiger charge is 2.41. The largest absolute Gasteiger partial charge is 0.434 e. The molecule has 0 atom stereocenters. The molecule has 4 heterocycles. The zero-order valence-electron chi connectivity index (χ0n) is 17.4. The highest BCUT2D eigenvalue weighted by Crippen LogP contribution is 2.34. The Labute approximate surface area is 201 Å². The van der Waals surface area contributed by atoms with Gasteiger partial charge in [-0.15, -0.1) is 0 Å². The topological polar surface area (TPSA) is 97.3 Å². The van der Waals surface area contributed by atoms with Crippen LogP contribution in [0.3, 0.4) is 0 Å². The molecule has 8 nitrogen and oxygen atoms in total. The van der Waals surface area contributed by atoms with Crippen molar-refractivity contribution in [1.82, 2.24) is 24.1 Å². The molecule has 178 valence electrons. The lowest BCUT2D eigenvalue weighted by molar-refractivity contribution is -0.143. The highest BCUT2D eigenvalue weighted by molar-refractivity contribution is 6.33. The average Bonchev–Trinajstić information content (AvgIpc) is 3.44. The number of aliphatic hydroxyl groups is 1. The molecule has 4 aromatic heterocycles. The summed E-state index contributed by atoms with van der Waals surface area (Å²) in [6.45, 7) is 0.0450. The molecule has 0 fully saturated rings. The van der Waals surface area contributed by atoms with E-state index in [1.54, 1.807) is 0 Å². The van der Waals surface area contributed by atoms with Gasteiger partial charge in [-0.25, -0.2) is 9.67 Å². The van der Waals surface area contributed by atoms with Gasteiger partial charge in [0.1, 0.15) is 5.82 Å². The predicted molar refractivity (Wildman–Crippen MR) is 120 cm³/mol. The van der Waals surface area contributed by atoms with Gasteiger partial charge in [0, 0.05) is 19.0 Å². The van der Waals surface area contributed by atoms with Crippen molar-refractivity contribution in [3.8, 4) is 5.82 Å². The number of hydrogen-bond donors (Lipinski definition) is 2. The molecule has 0 saturated carbocycles. The normalized spacial score (nSPS) is 11.8. The number of alkyl halides is 3. The van der Waals surface area contributed by atoms with Crippen molar-refractivity contribution in [2.75, 3.05) is 11.9 Å². The van der Waals surface area contributed by atoms with Gasteiger partial charge in [-0.05, 0) is 37.5 Å². The van der Waals surface area contributed by atoms with Crippen LogP contribution < -0.4 is 5.32 Å². The van der Waals surface area contributed by atoms with Crippen LogP contribution in [0.25, 0.3) is 11.5 Å². The second-order valence-corrected chi connectivity index (χ2v) is 8.08. The fraction of sp³-hybridized carbons (Fsp3) is 0.238. The number of unbranched alkanes of at least 4 members (excludes halogenated alkanes) is 1. The van der Waals surface area contributed by atoms with Crippen LogP contribution in [0.5, 0.6) is 0 Å². The van der Waals surface area contributed by atoms with E-state index < -0.39 is 23.3 Å². The number of aromatic nitrogens is 5. The number of hydrogen-bond acceptors (Lipinski definition) is 5. The van der Waals surface area contributed by atoms with Crippen molar-refractivity contribution in [3.63, 3.8) is 0 Å². The van der Waals surface area contributed by atoms with E-state index in [1.807, 2.05) is 0 Å². The summed E-state index contributed by atoms with van der Waals surface area (Å²) >= 11 is 12.3. The molecule has 4 aromatic rings. The summed E-state index contributed by atoms with van der Waals surface area (Å²) < 4.78 is 44.1. The van der Waals surface area contributed by atoms with E-state index in [-0.39, 0.29) is 33.8 Å². The molecule has 0 aliphatic heterocycles. The van der Waals surface area contributed by atoms with Crippen LogP contribution in [0.1, 0.15) is 34.6 Å². The maximum atomic E-state index is 14.1. The zero-order chi connectivity index (χ0) is 24.5. The Hall–Kier alpha value is -3.15. The maximum absolute atomic E-state index is 14.1.